The number of nitrogens with zero attached hydrogens (tertiary/aromatic N) is 1. The molecule has 2 aliphatic rings. The number of benzene rings is 1. The van der Waals surface area contributed by atoms with Gasteiger partial charge in [0, 0.05) is 17.3 Å². The number of hydrogen-bond donors (Lipinski definition) is 8. The van der Waals surface area contributed by atoms with Gasteiger partial charge < -0.3 is 55.3 Å². The van der Waals surface area contributed by atoms with Crippen LogP contribution in [0.15, 0.2) is 18.2 Å². The second-order valence-electron chi connectivity index (χ2n) is 7.96. The maximum absolute atomic E-state index is 11.2. The average molecular weight is 476 g/mol. The Morgan fingerprint density at radius 3 is 2.24 bits per heavy atom. The lowest BCUT2D eigenvalue weighted by Crippen LogP contribution is -2.65. The fourth-order valence-corrected chi connectivity index (χ4v) is 3.77. The second kappa shape index (κ2) is 10.5. The quantitative estimate of drug-likeness (QED) is 0.145. The van der Waals surface area contributed by atoms with Crippen molar-refractivity contribution < 1.29 is 54.9 Å². The van der Waals surface area contributed by atoms with Gasteiger partial charge in [-0.3, -0.25) is 10.1 Å². The molecule has 0 spiro atoms. The average Bonchev–Trinajstić information content (AvgIpc) is 2.79. The van der Waals surface area contributed by atoms with Crippen LogP contribution in [-0.4, -0.2) is 115 Å². The van der Waals surface area contributed by atoms with Crippen molar-refractivity contribution in [3.8, 4) is 0 Å². The molecule has 0 bridgehead atoms. The molecule has 8 N–H and O–H groups in total. The van der Waals surface area contributed by atoms with E-state index in [0.29, 0.717) is 5.56 Å². The van der Waals surface area contributed by atoms with Crippen molar-refractivity contribution in [2.75, 3.05) is 18.5 Å². The Morgan fingerprint density at radius 2 is 1.64 bits per heavy atom. The number of anilines is 1. The molecule has 0 amide bonds. The number of nitro groups is 1. The molecule has 14 heteroatoms. The van der Waals surface area contributed by atoms with Gasteiger partial charge in [-0.05, 0) is 13.0 Å². The minimum atomic E-state index is -1.77. The topological polar surface area (TPSA) is 224 Å². The summed E-state index contributed by atoms with van der Waals surface area (Å²) < 4.78 is 16.3. The van der Waals surface area contributed by atoms with Crippen LogP contribution in [0.2, 0.25) is 0 Å². The molecule has 2 aliphatic heterocycles. The van der Waals surface area contributed by atoms with E-state index in [1.165, 1.54) is 18.2 Å². The molecule has 0 unspecified atom stereocenters. The summed E-state index contributed by atoms with van der Waals surface area (Å²) >= 11 is 0. The van der Waals surface area contributed by atoms with E-state index in [1.807, 2.05) is 0 Å². The zero-order chi connectivity index (χ0) is 24.4. The maximum Gasteiger partial charge on any atom is 0.274 e. The van der Waals surface area contributed by atoms with Crippen molar-refractivity contribution in [2.45, 2.75) is 68.3 Å². The minimum absolute atomic E-state index is 0.173. The zero-order valence-electron chi connectivity index (χ0n) is 17.5. The molecule has 1 aromatic carbocycles. The Morgan fingerprint density at radius 1 is 0.970 bits per heavy atom. The molecular weight excluding hydrogens is 448 g/mol. The summed E-state index contributed by atoms with van der Waals surface area (Å²) in [7, 11) is 0. The molecule has 1 aromatic rings. The van der Waals surface area contributed by atoms with Gasteiger partial charge in [0.05, 0.1) is 18.1 Å². The smallest absolute Gasteiger partial charge is 0.274 e. The van der Waals surface area contributed by atoms with Gasteiger partial charge in [-0.25, -0.2) is 0 Å². The van der Waals surface area contributed by atoms with E-state index in [-0.39, 0.29) is 11.4 Å². The van der Waals surface area contributed by atoms with Crippen LogP contribution < -0.4 is 5.32 Å². The molecule has 10 atom stereocenters. The number of nitro benzene ring substituents is 1. The Balaban J connectivity index is 1.74. The predicted molar refractivity (Wildman–Crippen MR) is 108 cm³/mol. The number of aryl methyl sites for hydroxylation is 1. The van der Waals surface area contributed by atoms with Gasteiger partial charge in [0.15, 0.2) is 12.5 Å². The molecular formula is C19H28N2O12. The highest BCUT2D eigenvalue weighted by Gasteiger charge is 2.50. The summed E-state index contributed by atoms with van der Waals surface area (Å²) in [5.41, 5.74) is 0.457. The van der Waals surface area contributed by atoms with E-state index >= 15 is 0 Å². The molecule has 2 saturated heterocycles. The van der Waals surface area contributed by atoms with E-state index in [1.54, 1.807) is 6.92 Å². The van der Waals surface area contributed by atoms with Gasteiger partial charge in [-0.1, -0.05) is 6.07 Å². The van der Waals surface area contributed by atoms with Crippen LogP contribution in [0.4, 0.5) is 11.4 Å². The van der Waals surface area contributed by atoms with Gasteiger partial charge in [0.25, 0.3) is 5.69 Å². The minimum Gasteiger partial charge on any atom is -0.394 e. The third kappa shape index (κ3) is 5.25. The van der Waals surface area contributed by atoms with Crippen molar-refractivity contribution in [1.82, 2.24) is 0 Å². The van der Waals surface area contributed by atoms with Gasteiger partial charge in [-0.15, -0.1) is 0 Å². The monoisotopic (exact) mass is 476 g/mol. The molecule has 0 radical (unpaired) electrons. The number of rotatable bonds is 7. The van der Waals surface area contributed by atoms with Crippen molar-refractivity contribution in [3.63, 3.8) is 0 Å². The Bertz CT molecular complexity index is 824. The lowest BCUT2D eigenvalue weighted by atomic mass is 9.96. The first-order valence-corrected chi connectivity index (χ1v) is 10.2. The summed E-state index contributed by atoms with van der Waals surface area (Å²) in [5, 5.41) is 84.0. The fraction of sp³-hybridized carbons (Fsp3) is 0.684. The molecule has 2 fully saturated rings. The van der Waals surface area contributed by atoms with Gasteiger partial charge in [0.2, 0.25) is 0 Å². The first kappa shape index (κ1) is 25.6. The highest BCUT2D eigenvalue weighted by Crippen LogP contribution is 2.30. The largest absolute Gasteiger partial charge is 0.394 e. The standard InChI is InChI=1S/C19H28N2O12/c1-7-2-3-8(4-9(7)21(29)30)20-18-15(27)14(26)17(11(6-23)31-18)33-19-16(28)13(25)12(24)10(5-22)32-19/h2-4,10-20,22-28H,5-6H2,1H3/t10-,11+,12-,13+,14+,15+,16-,17+,18+,19+/m0/s1. The number of ether oxygens (including phenoxy) is 3. The normalized spacial score (nSPS) is 39.3. The van der Waals surface area contributed by atoms with Crippen LogP contribution in [0, 0.1) is 17.0 Å². The van der Waals surface area contributed by atoms with Gasteiger partial charge in [-0.2, -0.15) is 0 Å². The lowest BCUT2D eigenvalue weighted by Gasteiger charge is -2.46. The van der Waals surface area contributed by atoms with Crippen molar-refractivity contribution in [3.05, 3.63) is 33.9 Å². The van der Waals surface area contributed by atoms with Crippen LogP contribution in [0.25, 0.3) is 0 Å². The molecule has 2 heterocycles. The number of nitrogens with one attached hydrogen (secondary N) is 1. The highest BCUT2D eigenvalue weighted by atomic mass is 16.7. The second-order valence-corrected chi connectivity index (χ2v) is 7.96. The molecule has 14 nitrogen and oxygen atoms in total. The fourth-order valence-electron chi connectivity index (χ4n) is 3.77. The number of aliphatic hydroxyl groups excluding tert-OH is 7. The van der Waals surface area contributed by atoms with Crippen LogP contribution in [-0.2, 0) is 14.2 Å². The maximum atomic E-state index is 11.2. The third-order valence-electron chi connectivity index (χ3n) is 5.72. The van der Waals surface area contributed by atoms with E-state index in [9.17, 15) is 45.9 Å². The molecule has 0 saturated carbocycles. The third-order valence-corrected chi connectivity index (χ3v) is 5.72. The lowest BCUT2D eigenvalue weighted by molar-refractivity contribution is -0.385. The summed E-state index contributed by atoms with van der Waals surface area (Å²) in [5.74, 6) is 0. The molecule has 186 valence electrons. The first-order valence-electron chi connectivity index (χ1n) is 10.2. The molecule has 0 aliphatic carbocycles. The highest BCUT2D eigenvalue weighted by molar-refractivity contribution is 5.55. The van der Waals surface area contributed by atoms with Crippen molar-refractivity contribution in [2.24, 2.45) is 0 Å². The van der Waals surface area contributed by atoms with E-state index in [4.69, 9.17) is 14.2 Å². The molecule has 0 aromatic heterocycles. The Labute approximate surface area is 187 Å². The predicted octanol–water partition coefficient (Wildman–Crippen LogP) is -3.06. The van der Waals surface area contributed by atoms with Gasteiger partial charge in [0.1, 0.15) is 48.8 Å². The number of aliphatic hydroxyl groups is 7. The van der Waals surface area contributed by atoms with Crippen molar-refractivity contribution >= 4 is 11.4 Å². The summed E-state index contributed by atoms with van der Waals surface area (Å²) in [4.78, 5) is 10.6. The van der Waals surface area contributed by atoms with Gasteiger partial charge >= 0.3 is 0 Å². The first-order chi connectivity index (χ1) is 15.6. The summed E-state index contributed by atoms with van der Waals surface area (Å²) in [6.07, 6.45) is -15.4. The Kier molecular flexibility index (Phi) is 8.17. The molecule has 33 heavy (non-hydrogen) atoms. The van der Waals surface area contributed by atoms with E-state index in [2.05, 4.69) is 5.32 Å². The summed E-state index contributed by atoms with van der Waals surface area (Å²) in [6, 6.07) is 4.22. The SMILES string of the molecule is Cc1ccc(N[C@@H]2O[C@H](CO)[C@@H](O[C@H]3O[C@@H](CO)[C@H](O)[C@@H](O)[C@@H]3O)[C@H](O)[C@H]2O)cc1[N+](=O)[O-]. The van der Waals surface area contributed by atoms with Crippen LogP contribution >= 0.6 is 0 Å². The van der Waals surface area contributed by atoms with Crippen LogP contribution in [0.3, 0.4) is 0 Å². The van der Waals surface area contributed by atoms with Crippen molar-refractivity contribution in [1.29, 1.82) is 0 Å². The van der Waals surface area contributed by atoms with E-state index in [0.717, 1.165) is 0 Å². The number of hydrogen-bond acceptors (Lipinski definition) is 13. The Hall–Kier alpha value is -1.98. The van der Waals surface area contributed by atoms with Crippen LogP contribution in [0.1, 0.15) is 5.56 Å². The summed E-state index contributed by atoms with van der Waals surface area (Å²) in [6.45, 7) is 0.160. The molecule has 3 rings (SSSR count). The zero-order valence-corrected chi connectivity index (χ0v) is 17.5. The van der Waals surface area contributed by atoms with E-state index < -0.39 is 79.5 Å². The van der Waals surface area contributed by atoms with Crippen LogP contribution in [0.5, 0.6) is 0 Å².